The molecule has 2 aromatic rings. The number of nitrogen functional groups attached to an aromatic ring is 1. The molecule has 0 saturated heterocycles. The van der Waals surface area contributed by atoms with Crippen molar-refractivity contribution >= 4 is 5.69 Å². The van der Waals surface area contributed by atoms with Gasteiger partial charge in [-0.3, -0.25) is 4.98 Å². The highest BCUT2D eigenvalue weighted by atomic mass is 16.5. The fraction of sp³-hybridized carbons (Fsp3) is 0.154. The summed E-state index contributed by atoms with van der Waals surface area (Å²) in [5.74, 6) is 0.733. The van der Waals surface area contributed by atoms with Gasteiger partial charge in [-0.1, -0.05) is 12.1 Å². The van der Waals surface area contributed by atoms with Gasteiger partial charge in [0.05, 0.1) is 5.69 Å². The summed E-state index contributed by atoms with van der Waals surface area (Å²) in [7, 11) is 0. The first-order chi connectivity index (χ1) is 7.77. The largest absolute Gasteiger partial charge is 0.487 e. The molecule has 0 radical (unpaired) electrons. The lowest BCUT2D eigenvalue weighted by Gasteiger charge is -2.10. The van der Waals surface area contributed by atoms with Crippen LogP contribution >= 0.6 is 0 Å². The molecular formula is C13H14N2O. The van der Waals surface area contributed by atoms with Crippen LogP contribution in [0.25, 0.3) is 0 Å². The Hall–Kier alpha value is -2.03. The Bertz CT molecular complexity index is 469. The topological polar surface area (TPSA) is 48.1 Å². The lowest BCUT2D eigenvalue weighted by atomic mass is 10.2. The van der Waals surface area contributed by atoms with Gasteiger partial charge in [0, 0.05) is 12.4 Å². The zero-order valence-electron chi connectivity index (χ0n) is 9.18. The zero-order valence-corrected chi connectivity index (χ0v) is 9.18. The summed E-state index contributed by atoms with van der Waals surface area (Å²) in [6, 6.07) is 9.63. The predicted octanol–water partition coefficient (Wildman–Crippen LogP) is 2.55. The first-order valence-corrected chi connectivity index (χ1v) is 5.14. The Labute approximate surface area is 94.9 Å². The summed E-state index contributed by atoms with van der Waals surface area (Å²) in [5.41, 5.74) is 8.73. The number of hydrogen-bond acceptors (Lipinski definition) is 3. The van der Waals surface area contributed by atoms with Crippen LogP contribution < -0.4 is 10.5 Å². The summed E-state index contributed by atoms with van der Waals surface area (Å²) < 4.78 is 5.65. The third-order valence-corrected chi connectivity index (χ3v) is 2.43. The van der Waals surface area contributed by atoms with E-state index in [2.05, 4.69) is 4.98 Å². The maximum atomic E-state index is 5.91. The second-order valence-electron chi connectivity index (χ2n) is 3.63. The minimum atomic E-state index is 0.510. The number of aromatic nitrogens is 1. The van der Waals surface area contributed by atoms with Crippen LogP contribution in [-0.2, 0) is 6.61 Å². The molecule has 1 heterocycles. The molecule has 2 rings (SSSR count). The van der Waals surface area contributed by atoms with Crippen molar-refractivity contribution in [3.05, 3.63) is 53.9 Å². The normalized spacial score (nSPS) is 10.1. The Kier molecular flexibility index (Phi) is 3.05. The molecule has 0 fully saturated rings. The van der Waals surface area contributed by atoms with E-state index in [1.54, 1.807) is 12.4 Å². The predicted molar refractivity (Wildman–Crippen MR) is 64.2 cm³/mol. The van der Waals surface area contributed by atoms with Crippen molar-refractivity contribution in [3.63, 3.8) is 0 Å². The summed E-state index contributed by atoms with van der Waals surface area (Å²) in [5, 5.41) is 0. The summed E-state index contributed by atoms with van der Waals surface area (Å²) in [6.45, 7) is 2.48. The molecular weight excluding hydrogens is 200 g/mol. The van der Waals surface area contributed by atoms with Crippen molar-refractivity contribution in [2.75, 3.05) is 5.73 Å². The molecule has 0 bridgehead atoms. The van der Waals surface area contributed by atoms with Crippen molar-refractivity contribution in [1.82, 2.24) is 4.98 Å². The highest BCUT2D eigenvalue weighted by Gasteiger charge is 2.02. The van der Waals surface area contributed by atoms with Gasteiger partial charge in [0.15, 0.2) is 0 Å². The van der Waals surface area contributed by atoms with E-state index in [4.69, 9.17) is 10.5 Å². The molecule has 0 spiro atoms. The molecule has 3 heteroatoms. The van der Waals surface area contributed by atoms with Gasteiger partial charge in [-0.15, -0.1) is 0 Å². The Balaban J connectivity index is 2.08. The van der Waals surface area contributed by atoms with Crippen LogP contribution in [0.4, 0.5) is 5.69 Å². The monoisotopic (exact) mass is 214 g/mol. The first-order valence-electron chi connectivity index (χ1n) is 5.14. The second kappa shape index (κ2) is 4.66. The number of benzene rings is 1. The standard InChI is InChI=1S/C13H14N2O/c1-10-3-2-4-12(13(10)14)16-9-11-5-7-15-8-6-11/h2-8H,9,14H2,1H3. The van der Waals surface area contributed by atoms with Crippen molar-refractivity contribution in [2.45, 2.75) is 13.5 Å². The highest BCUT2D eigenvalue weighted by molar-refractivity contribution is 5.57. The third kappa shape index (κ3) is 2.31. The lowest BCUT2D eigenvalue weighted by Crippen LogP contribution is -1.99. The van der Waals surface area contributed by atoms with Crippen molar-refractivity contribution in [1.29, 1.82) is 0 Å². The van der Waals surface area contributed by atoms with Gasteiger partial charge in [0.25, 0.3) is 0 Å². The summed E-state index contributed by atoms with van der Waals surface area (Å²) >= 11 is 0. The van der Waals surface area contributed by atoms with Crippen molar-refractivity contribution < 1.29 is 4.74 Å². The molecule has 1 aromatic carbocycles. The number of nitrogens with zero attached hydrogens (tertiary/aromatic N) is 1. The minimum Gasteiger partial charge on any atom is -0.487 e. The van der Waals surface area contributed by atoms with E-state index in [0.29, 0.717) is 12.3 Å². The van der Waals surface area contributed by atoms with Crippen molar-refractivity contribution in [2.24, 2.45) is 0 Å². The molecule has 1 aromatic heterocycles. The molecule has 0 aliphatic heterocycles. The van der Waals surface area contributed by atoms with E-state index in [1.807, 2.05) is 37.3 Å². The Morgan fingerprint density at radius 1 is 1.19 bits per heavy atom. The van der Waals surface area contributed by atoms with Crippen LogP contribution in [0.1, 0.15) is 11.1 Å². The number of rotatable bonds is 3. The summed E-state index contributed by atoms with van der Waals surface area (Å²) in [4.78, 5) is 3.95. The fourth-order valence-corrected chi connectivity index (χ4v) is 1.42. The number of aryl methyl sites for hydroxylation is 1. The first kappa shape index (κ1) is 10.5. The maximum Gasteiger partial charge on any atom is 0.142 e. The molecule has 0 aliphatic carbocycles. The average Bonchev–Trinajstić information content (AvgIpc) is 2.32. The molecule has 16 heavy (non-hydrogen) atoms. The van der Waals surface area contributed by atoms with Crippen LogP contribution in [0, 0.1) is 6.92 Å². The second-order valence-corrected chi connectivity index (χ2v) is 3.63. The maximum absolute atomic E-state index is 5.91. The Morgan fingerprint density at radius 2 is 1.94 bits per heavy atom. The van der Waals surface area contributed by atoms with E-state index in [1.165, 1.54) is 0 Å². The van der Waals surface area contributed by atoms with E-state index in [-0.39, 0.29) is 0 Å². The molecule has 0 amide bonds. The number of ether oxygens (including phenoxy) is 1. The molecule has 0 saturated carbocycles. The van der Waals surface area contributed by atoms with Crippen LogP contribution in [0.3, 0.4) is 0 Å². The van der Waals surface area contributed by atoms with Gasteiger partial charge in [0.2, 0.25) is 0 Å². The molecule has 0 aliphatic rings. The number of anilines is 1. The fourth-order valence-electron chi connectivity index (χ4n) is 1.42. The van der Waals surface area contributed by atoms with Crippen molar-refractivity contribution in [3.8, 4) is 5.75 Å². The van der Waals surface area contributed by atoms with E-state index in [0.717, 1.165) is 16.9 Å². The van der Waals surface area contributed by atoms with Gasteiger partial charge in [0.1, 0.15) is 12.4 Å². The number of para-hydroxylation sites is 1. The molecule has 2 N–H and O–H groups in total. The summed E-state index contributed by atoms with van der Waals surface area (Å²) in [6.07, 6.45) is 3.50. The van der Waals surface area contributed by atoms with Crippen LogP contribution in [-0.4, -0.2) is 4.98 Å². The number of hydrogen-bond donors (Lipinski definition) is 1. The quantitative estimate of drug-likeness (QED) is 0.799. The van der Waals surface area contributed by atoms with Gasteiger partial charge in [-0.25, -0.2) is 0 Å². The zero-order chi connectivity index (χ0) is 11.4. The van der Waals surface area contributed by atoms with E-state index in [9.17, 15) is 0 Å². The highest BCUT2D eigenvalue weighted by Crippen LogP contribution is 2.24. The third-order valence-electron chi connectivity index (χ3n) is 2.43. The molecule has 0 unspecified atom stereocenters. The van der Waals surface area contributed by atoms with Crippen LogP contribution in [0.15, 0.2) is 42.7 Å². The van der Waals surface area contributed by atoms with Crippen LogP contribution in [0.5, 0.6) is 5.75 Å². The van der Waals surface area contributed by atoms with Gasteiger partial charge in [-0.2, -0.15) is 0 Å². The SMILES string of the molecule is Cc1cccc(OCc2ccncc2)c1N. The average molecular weight is 214 g/mol. The van der Waals surface area contributed by atoms with Gasteiger partial charge >= 0.3 is 0 Å². The lowest BCUT2D eigenvalue weighted by molar-refractivity contribution is 0.307. The molecule has 82 valence electrons. The van der Waals surface area contributed by atoms with Crippen LogP contribution in [0.2, 0.25) is 0 Å². The molecule has 3 nitrogen and oxygen atoms in total. The minimum absolute atomic E-state index is 0.510. The smallest absolute Gasteiger partial charge is 0.142 e. The van der Waals surface area contributed by atoms with Gasteiger partial charge in [-0.05, 0) is 36.2 Å². The Morgan fingerprint density at radius 3 is 2.69 bits per heavy atom. The van der Waals surface area contributed by atoms with Gasteiger partial charge < -0.3 is 10.5 Å². The number of pyridine rings is 1. The van der Waals surface area contributed by atoms with E-state index >= 15 is 0 Å². The number of nitrogens with two attached hydrogens (primary N) is 1. The van der Waals surface area contributed by atoms with E-state index < -0.39 is 0 Å². The molecule has 0 atom stereocenters.